The van der Waals surface area contributed by atoms with Crippen LogP contribution < -0.4 is 9.47 Å². The Morgan fingerprint density at radius 1 is 0.605 bits per heavy atom. The van der Waals surface area contributed by atoms with Crippen LogP contribution in [-0.4, -0.2) is 35.4 Å². The molecule has 0 atom stereocenters. The van der Waals surface area contributed by atoms with E-state index in [0.717, 1.165) is 50.0 Å². The molecule has 6 heteroatoms. The van der Waals surface area contributed by atoms with Gasteiger partial charge in [-0.2, -0.15) is 0 Å². The molecule has 0 aliphatic carbocycles. The highest BCUT2D eigenvalue weighted by Crippen LogP contribution is 2.27. The summed E-state index contributed by atoms with van der Waals surface area (Å²) < 4.78 is 12.0. The molecule has 0 aliphatic heterocycles. The molecule has 0 amide bonds. The van der Waals surface area contributed by atoms with Gasteiger partial charge in [-0.05, 0) is 63.0 Å². The molecule has 0 saturated heterocycles. The molecule has 6 nitrogen and oxygen atoms in total. The van der Waals surface area contributed by atoms with Crippen molar-refractivity contribution in [3.8, 4) is 11.5 Å². The van der Waals surface area contributed by atoms with Gasteiger partial charge in [0.05, 0.1) is 13.2 Å². The lowest BCUT2D eigenvalue weighted by Crippen LogP contribution is -2.03. The molecule has 1 rings (SSSR count). The standard InChI is InChI=1S/C32H54O6/c1-2-3-4-5-6-7-8-9-10-11-12-15-20-28-23-24-29(37-25-18-13-16-21-31(33)34)27-30(28)38-26-19-14-17-22-32(35)36/h23-24,27H,2-22,25-26H2,1H3,(H,33,34)(H,35,36). The summed E-state index contributed by atoms with van der Waals surface area (Å²) in [7, 11) is 0. The zero-order valence-corrected chi connectivity index (χ0v) is 24.0. The Labute approximate surface area is 231 Å². The molecule has 0 bridgehead atoms. The van der Waals surface area contributed by atoms with Gasteiger partial charge in [-0.3, -0.25) is 9.59 Å². The van der Waals surface area contributed by atoms with E-state index in [9.17, 15) is 9.59 Å². The molecule has 0 spiro atoms. The lowest BCUT2D eigenvalue weighted by molar-refractivity contribution is -0.138. The summed E-state index contributed by atoms with van der Waals surface area (Å²) in [6.45, 7) is 3.40. The normalized spacial score (nSPS) is 11.0. The van der Waals surface area contributed by atoms with Gasteiger partial charge in [-0.25, -0.2) is 0 Å². The SMILES string of the molecule is CCCCCCCCCCCCCCc1ccc(OCCCCCC(=O)O)cc1OCCCCCC(=O)O. The number of hydrogen-bond donors (Lipinski definition) is 2. The van der Waals surface area contributed by atoms with Gasteiger partial charge in [0.1, 0.15) is 11.5 Å². The van der Waals surface area contributed by atoms with Crippen LogP contribution in [0.15, 0.2) is 18.2 Å². The Kier molecular flexibility index (Phi) is 21.2. The van der Waals surface area contributed by atoms with Crippen molar-refractivity contribution < 1.29 is 29.3 Å². The number of carboxylic acids is 2. The maximum absolute atomic E-state index is 10.7. The largest absolute Gasteiger partial charge is 0.493 e. The molecule has 0 unspecified atom stereocenters. The Bertz CT molecular complexity index is 733. The first-order chi connectivity index (χ1) is 18.5. The first kappa shape index (κ1) is 33.8. The fourth-order valence-corrected chi connectivity index (χ4v) is 4.60. The minimum Gasteiger partial charge on any atom is -0.493 e. The van der Waals surface area contributed by atoms with Gasteiger partial charge in [0, 0.05) is 18.9 Å². The van der Waals surface area contributed by atoms with E-state index in [1.807, 2.05) is 12.1 Å². The van der Waals surface area contributed by atoms with Crippen LogP contribution in [0.2, 0.25) is 0 Å². The van der Waals surface area contributed by atoms with E-state index in [4.69, 9.17) is 19.7 Å². The third-order valence-electron chi connectivity index (χ3n) is 6.93. The summed E-state index contributed by atoms with van der Waals surface area (Å²) in [5, 5.41) is 17.5. The number of rotatable bonds is 27. The second kappa shape index (κ2) is 23.8. The highest BCUT2D eigenvalue weighted by Gasteiger charge is 2.08. The molecule has 0 aromatic heterocycles. The molecule has 1 aromatic rings. The second-order valence-corrected chi connectivity index (χ2v) is 10.5. The number of carbonyl (C=O) groups is 2. The fraction of sp³-hybridized carbons (Fsp3) is 0.750. The molecule has 0 fully saturated rings. The Morgan fingerprint density at radius 3 is 1.61 bits per heavy atom. The van der Waals surface area contributed by atoms with E-state index in [2.05, 4.69) is 13.0 Å². The van der Waals surface area contributed by atoms with Crippen LogP contribution in [0.5, 0.6) is 11.5 Å². The lowest BCUT2D eigenvalue weighted by atomic mass is 10.0. The van der Waals surface area contributed by atoms with Crippen LogP contribution in [0.4, 0.5) is 0 Å². The summed E-state index contributed by atoms with van der Waals surface area (Å²) in [6.07, 6.45) is 22.1. The Morgan fingerprint density at radius 2 is 1.08 bits per heavy atom. The van der Waals surface area contributed by atoms with Gasteiger partial charge in [0.2, 0.25) is 0 Å². The minimum absolute atomic E-state index is 0.207. The third-order valence-corrected chi connectivity index (χ3v) is 6.93. The van der Waals surface area contributed by atoms with Crippen molar-refractivity contribution in [2.75, 3.05) is 13.2 Å². The van der Waals surface area contributed by atoms with Crippen molar-refractivity contribution in [1.29, 1.82) is 0 Å². The predicted octanol–water partition coefficient (Wildman–Crippen LogP) is 8.98. The van der Waals surface area contributed by atoms with Crippen molar-refractivity contribution in [2.45, 2.75) is 142 Å². The number of unbranched alkanes of at least 4 members (excludes halogenated alkanes) is 15. The number of carboxylic acid groups (broad SMARTS) is 2. The molecule has 1 aromatic carbocycles. The molecular formula is C32H54O6. The van der Waals surface area contributed by atoms with Crippen LogP contribution in [-0.2, 0) is 16.0 Å². The Balaban J connectivity index is 2.37. The quantitative estimate of drug-likeness (QED) is 0.109. The van der Waals surface area contributed by atoms with Crippen molar-refractivity contribution >= 4 is 11.9 Å². The van der Waals surface area contributed by atoms with Crippen LogP contribution in [0.25, 0.3) is 0 Å². The predicted molar refractivity (Wildman–Crippen MR) is 154 cm³/mol. The van der Waals surface area contributed by atoms with Gasteiger partial charge < -0.3 is 19.7 Å². The summed E-state index contributed by atoms with van der Waals surface area (Å²) in [4.78, 5) is 21.3. The zero-order chi connectivity index (χ0) is 27.7. The maximum Gasteiger partial charge on any atom is 0.303 e. The van der Waals surface area contributed by atoms with Crippen molar-refractivity contribution in [3.63, 3.8) is 0 Å². The van der Waals surface area contributed by atoms with Crippen LogP contribution in [0, 0.1) is 0 Å². The highest BCUT2D eigenvalue weighted by molar-refractivity contribution is 5.66. The van der Waals surface area contributed by atoms with Gasteiger partial charge in [0.15, 0.2) is 0 Å². The average Bonchev–Trinajstić information content (AvgIpc) is 2.89. The van der Waals surface area contributed by atoms with Gasteiger partial charge in [-0.1, -0.05) is 83.6 Å². The number of aryl methyl sites for hydroxylation is 1. The molecule has 38 heavy (non-hydrogen) atoms. The summed E-state index contributed by atoms with van der Waals surface area (Å²) >= 11 is 0. The molecule has 0 saturated carbocycles. The molecule has 0 radical (unpaired) electrons. The van der Waals surface area contributed by atoms with Crippen LogP contribution >= 0.6 is 0 Å². The van der Waals surface area contributed by atoms with Gasteiger partial charge in [0.25, 0.3) is 0 Å². The number of hydrogen-bond acceptors (Lipinski definition) is 4. The van der Waals surface area contributed by atoms with Crippen molar-refractivity contribution in [2.24, 2.45) is 0 Å². The van der Waals surface area contributed by atoms with E-state index < -0.39 is 11.9 Å². The monoisotopic (exact) mass is 534 g/mol. The Hall–Kier alpha value is -2.24. The second-order valence-electron chi connectivity index (χ2n) is 10.5. The van der Waals surface area contributed by atoms with E-state index in [0.29, 0.717) is 26.1 Å². The van der Waals surface area contributed by atoms with Gasteiger partial charge >= 0.3 is 11.9 Å². The van der Waals surface area contributed by atoms with Crippen LogP contribution in [0.3, 0.4) is 0 Å². The fourth-order valence-electron chi connectivity index (χ4n) is 4.60. The van der Waals surface area contributed by atoms with Crippen molar-refractivity contribution in [3.05, 3.63) is 23.8 Å². The molecule has 0 aliphatic rings. The topological polar surface area (TPSA) is 93.1 Å². The summed E-state index contributed by atoms with van der Waals surface area (Å²) in [5.74, 6) is 0.153. The zero-order valence-electron chi connectivity index (χ0n) is 24.0. The molecule has 2 N–H and O–H groups in total. The van der Waals surface area contributed by atoms with E-state index >= 15 is 0 Å². The van der Waals surface area contributed by atoms with E-state index in [1.165, 1.54) is 76.2 Å². The molecule has 0 heterocycles. The third kappa shape index (κ3) is 19.8. The summed E-state index contributed by atoms with van der Waals surface area (Å²) in [6, 6.07) is 6.09. The maximum atomic E-state index is 10.7. The smallest absolute Gasteiger partial charge is 0.303 e. The average molecular weight is 535 g/mol. The number of benzene rings is 1. The van der Waals surface area contributed by atoms with E-state index in [-0.39, 0.29) is 12.8 Å². The first-order valence-electron chi connectivity index (χ1n) is 15.3. The van der Waals surface area contributed by atoms with Crippen molar-refractivity contribution in [1.82, 2.24) is 0 Å². The van der Waals surface area contributed by atoms with E-state index in [1.54, 1.807) is 0 Å². The minimum atomic E-state index is -0.751. The molecular weight excluding hydrogens is 480 g/mol. The first-order valence-corrected chi connectivity index (χ1v) is 15.3. The highest BCUT2D eigenvalue weighted by atomic mass is 16.5. The lowest BCUT2D eigenvalue weighted by Gasteiger charge is -2.14. The molecule has 218 valence electrons. The van der Waals surface area contributed by atoms with Crippen LogP contribution in [0.1, 0.15) is 141 Å². The summed E-state index contributed by atoms with van der Waals surface area (Å²) in [5.41, 5.74) is 1.21. The van der Waals surface area contributed by atoms with Gasteiger partial charge in [-0.15, -0.1) is 0 Å². The number of ether oxygens (including phenoxy) is 2. The number of aliphatic carboxylic acids is 2.